The van der Waals surface area contributed by atoms with Crippen LogP contribution in [0.25, 0.3) is 0 Å². The van der Waals surface area contributed by atoms with Gasteiger partial charge in [0.25, 0.3) is 10.0 Å². The number of hydrogen-bond donors (Lipinski definition) is 2. The second-order valence-electron chi connectivity index (χ2n) is 3.86. The lowest BCUT2D eigenvalue weighted by atomic mass is 10.4. The van der Waals surface area contributed by atoms with Crippen molar-refractivity contribution in [1.29, 1.82) is 0 Å². The van der Waals surface area contributed by atoms with Gasteiger partial charge >= 0.3 is 0 Å². The number of hydrogen-bond acceptors (Lipinski definition) is 5. The summed E-state index contributed by atoms with van der Waals surface area (Å²) < 4.78 is 39.2. The van der Waals surface area contributed by atoms with Gasteiger partial charge in [0.15, 0.2) is 5.13 Å². The van der Waals surface area contributed by atoms with E-state index in [4.69, 9.17) is 5.11 Å². The van der Waals surface area contributed by atoms with Crippen molar-refractivity contribution < 1.29 is 17.9 Å². The molecule has 0 bridgehead atoms. The van der Waals surface area contributed by atoms with Crippen molar-refractivity contribution in [2.45, 2.75) is 11.3 Å². The lowest BCUT2D eigenvalue weighted by molar-refractivity contribution is 0.305. The number of anilines is 1. The number of sulfonamides is 1. The van der Waals surface area contributed by atoms with Crippen LogP contribution < -0.4 is 4.72 Å². The molecule has 0 saturated heterocycles. The molecule has 5 nitrogen and oxygen atoms in total. The quantitative estimate of drug-likeness (QED) is 0.840. The third kappa shape index (κ3) is 4.26. The Morgan fingerprint density at radius 3 is 2.71 bits per heavy atom. The molecule has 0 unspecified atom stereocenters. The van der Waals surface area contributed by atoms with Crippen LogP contribution in [-0.2, 0) is 10.0 Å². The minimum atomic E-state index is -3.80. The Labute approximate surface area is 125 Å². The Balaban J connectivity index is 2.14. The number of aliphatic hydroxyl groups is 1. The molecule has 0 radical (unpaired) electrons. The highest BCUT2D eigenvalue weighted by Gasteiger charge is 2.15. The molecule has 110 valence electrons. The van der Waals surface area contributed by atoms with Gasteiger partial charge in [-0.3, -0.25) is 4.72 Å². The summed E-state index contributed by atoms with van der Waals surface area (Å²) in [5.74, 6) is 4.97. The summed E-state index contributed by atoms with van der Waals surface area (Å²) >= 11 is 1.08. The molecular weight excluding hydrogens is 315 g/mol. The molecule has 0 aliphatic rings. The van der Waals surface area contributed by atoms with Crippen molar-refractivity contribution in [3.8, 4) is 11.8 Å². The summed E-state index contributed by atoms with van der Waals surface area (Å²) in [6.45, 7) is -0.0319. The van der Waals surface area contributed by atoms with Crippen LogP contribution in [0.15, 0.2) is 35.4 Å². The van der Waals surface area contributed by atoms with Gasteiger partial charge < -0.3 is 5.11 Å². The topological polar surface area (TPSA) is 79.3 Å². The smallest absolute Gasteiger partial charge is 0.263 e. The first-order valence-corrected chi connectivity index (χ1v) is 8.15. The Morgan fingerprint density at radius 1 is 1.33 bits per heavy atom. The molecule has 0 saturated carbocycles. The number of thiazole rings is 1. The molecule has 0 fully saturated rings. The van der Waals surface area contributed by atoms with Crippen LogP contribution in [0.1, 0.15) is 11.3 Å². The molecule has 21 heavy (non-hydrogen) atoms. The van der Waals surface area contributed by atoms with E-state index in [-0.39, 0.29) is 16.6 Å². The van der Waals surface area contributed by atoms with E-state index in [1.54, 1.807) is 0 Å². The monoisotopic (exact) mass is 326 g/mol. The standard InChI is InChI=1S/C13H11FN2O3S2/c14-10-4-6-12(7-5-10)21(18,19)16-13-15-9-11(20-13)3-1-2-8-17/h4-7,9,17H,2,8H2,(H,15,16). The predicted molar refractivity (Wildman–Crippen MR) is 77.9 cm³/mol. The molecule has 1 heterocycles. The van der Waals surface area contributed by atoms with Crippen molar-refractivity contribution >= 4 is 26.5 Å². The second kappa shape index (κ2) is 6.67. The van der Waals surface area contributed by atoms with Gasteiger partial charge in [0, 0.05) is 6.42 Å². The van der Waals surface area contributed by atoms with E-state index >= 15 is 0 Å². The molecule has 0 atom stereocenters. The van der Waals surface area contributed by atoms with Crippen LogP contribution in [0.5, 0.6) is 0 Å². The highest BCUT2D eigenvalue weighted by molar-refractivity contribution is 7.93. The van der Waals surface area contributed by atoms with Crippen molar-refractivity contribution in [3.05, 3.63) is 41.2 Å². The number of rotatable bonds is 4. The number of nitrogens with one attached hydrogen (secondary N) is 1. The summed E-state index contributed by atoms with van der Waals surface area (Å²) in [6, 6.07) is 4.49. The third-order valence-electron chi connectivity index (χ3n) is 2.30. The molecule has 2 rings (SSSR count). The van der Waals surface area contributed by atoms with Crippen molar-refractivity contribution in [1.82, 2.24) is 4.98 Å². The van der Waals surface area contributed by atoms with Crippen LogP contribution in [-0.4, -0.2) is 25.1 Å². The number of aliphatic hydroxyl groups excluding tert-OH is 1. The summed E-state index contributed by atoms with van der Waals surface area (Å²) in [7, 11) is -3.80. The molecule has 1 aromatic heterocycles. The maximum Gasteiger partial charge on any atom is 0.263 e. The molecule has 0 aliphatic heterocycles. The van der Waals surface area contributed by atoms with Gasteiger partial charge in [0.1, 0.15) is 5.82 Å². The molecule has 8 heteroatoms. The predicted octanol–water partition coefficient (Wildman–Crippen LogP) is 1.82. The SMILES string of the molecule is O=S(=O)(Nc1ncc(C#CCCO)s1)c1ccc(F)cc1. The van der Waals surface area contributed by atoms with Crippen LogP contribution in [0.4, 0.5) is 9.52 Å². The molecule has 0 aliphatic carbocycles. The molecule has 1 aromatic carbocycles. The highest BCUT2D eigenvalue weighted by atomic mass is 32.2. The third-order valence-corrected chi connectivity index (χ3v) is 4.61. The Hall–Kier alpha value is -1.95. The zero-order valence-electron chi connectivity index (χ0n) is 10.7. The van der Waals surface area contributed by atoms with E-state index in [1.807, 2.05) is 0 Å². The Kier molecular flexibility index (Phi) is 4.90. The molecule has 0 spiro atoms. The molecule has 2 N–H and O–H groups in total. The zero-order valence-corrected chi connectivity index (χ0v) is 12.3. The Morgan fingerprint density at radius 2 is 2.05 bits per heavy atom. The van der Waals surface area contributed by atoms with Gasteiger partial charge in [-0.15, -0.1) is 0 Å². The fourth-order valence-electron chi connectivity index (χ4n) is 1.37. The van der Waals surface area contributed by atoms with E-state index in [1.165, 1.54) is 18.3 Å². The van der Waals surface area contributed by atoms with Crippen LogP contribution in [0.2, 0.25) is 0 Å². The maximum absolute atomic E-state index is 12.8. The zero-order chi connectivity index (χ0) is 15.3. The molecule has 2 aromatic rings. The fourth-order valence-corrected chi connectivity index (χ4v) is 3.31. The largest absolute Gasteiger partial charge is 0.395 e. The number of aromatic nitrogens is 1. The summed E-state index contributed by atoms with van der Waals surface area (Å²) in [5, 5.41) is 8.79. The summed E-state index contributed by atoms with van der Waals surface area (Å²) in [4.78, 5) is 4.45. The maximum atomic E-state index is 12.8. The van der Waals surface area contributed by atoms with Gasteiger partial charge in [-0.2, -0.15) is 0 Å². The first-order chi connectivity index (χ1) is 10.0. The second-order valence-corrected chi connectivity index (χ2v) is 6.58. The minimum absolute atomic E-state index is 0.0319. The van der Waals surface area contributed by atoms with Crippen molar-refractivity contribution in [2.75, 3.05) is 11.3 Å². The van der Waals surface area contributed by atoms with Crippen LogP contribution >= 0.6 is 11.3 Å². The fraction of sp³-hybridized carbons (Fsp3) is 0.154. The van der Waals surface area contributed by atoms with E-state index < -0.39 is 15.8 Å². The van der Waals surface area contributed by atoms with Gasteiger partial charge in [0.2, 0.25) is 0 Å². The highest BCUT2D eigenvalue weighted by Crippen LogP contribution is 2.21. The Bertz CT molecular complexity index is 774. The van der Waals surface area contributed by atoms with Crippen LogP contribution in [0, 0.1) is 17.7 Å². The van der Waals surface area contributed by atoms with E-state index in [2.05, 4.69) is 21.5 Å². The van der Waals surface area contributed by atoms with E-state index in [0.29, 0.717) is 11.3 Å². The van der Waals surface area contributed by atoms with Crippen molar-refractivity contribution in [2.24, 2.45) is 0 Å². The van der Waals surface area contributed by atoms with E-state index in [9.17, 15) is 12.8 Å². The average Bonchev–Trinajstić information content (AvgIpc) is 2.86. The number of halogens is 1. The minimum Gasteiger partial charge on any atom is -0.395 e. The number of nitrogens with zero attached hydrogens (tertiary/aromatic N) is 1. The average molecular weight is 326 g/mol. The normalized spacial score (nSPS) is 10.8. The first-order valence-electron chi connectivity index (χ1n) is 5.85. The lowest BCUT2D eigenvalue weighted by Crippen LogP contribution is -2.12. The number of benzene rings is 1. The lowest BCUT2D eigenvalue weighted by Gasteiger charge is -2.04. The first kappa shape index (κ1) is 15.4. The molecular formula is C13H11FN2O3S2. The summed E-state index contributed by atoms with van der Waals surface area (Å²) in [6.07, 6.45) is 1.78. The van der Waals surface area contributed by atoms with Gasteiger partial charge in [0.05, 0.1) is 22.6 Å². The van der Waals surface area contributed by atoms with Crippen molar-refractivity contribution in [3.63, 3.8) is 0 Å². The van der Waals surface area contributed by atoms with Gasteiger partial charge in [-0.25, -0.2) is 17.8 Å². The van der Waals surface area contributed by atoms with Gasteiger partial charge in [-0.1, -0.05) is 23.2 Å². The molecule has 0 amide bonds. The summed E-state index contributed by atoms with van der Waals surface area (Å²) in [5.41, 5.74) is 0. The van der Waals surface area contributed by atoms with Gasteiger partial charge in [-0.05, 0) is 24.3 Å². The van der Waals surface area contributed by atoms with E-state index in [0.717, 1.165) is 23.5 Å². The van der Waals surface area contributed by atoms with Crippen LogP contribution in [0.3, 0.4) is 0 Å².